The molecular formula is C13H10BrCl2NO. The Morgan fingerprint density at radius 2 is 1.83 bits per heavy atom. The third kappa shape index (κ3) is 3.18. The van der Waals surface area contributed by atoms with Crippen LogP contribution in [0.25, 0.3) is 0 Å². The highest BCUT2D eigenvalue weighted by molar-refractivity contribution is 9.10. The van der Waals surface area contributed by atoms with Crippen LogP contribution in [0.5, 0.6) is 11.5 Å². The smallest absolute Gasteiger partial charge is 0.131 e. The number of ether oxygens (including phenoxy) is 1. The highest BCUT2D eigenvalue weighted by Crippen LogP contribution is 2.31. The molecule has 2 aromatic rings. The molecule has 2 rings (SSSR count). The summed E-state index contributed by atoms with van der Waals surface area (Å²) >= 11 is 15.2. The van der Waals surface area contributed by atoms with Crippen LogP contribution in [0.2, 0.25) is 10.0 Å². The summed E-state index contributed by atoms with van der Waals surface area (Å²) in [5.41, 5.74) is 6.59. The van der Waals surface area contributed by atoms with Crippen LogP contribution in [0.1, 0.15) is 5.56 Å². The lowest BCUT2D eigenvalue weighted by atomic mass is 10.2. The van der Waals surface area contributed by atoms with E-state index < -0.39 is 0 Å². The van der Waals surface area contributed by atoms with Crippen molar-refractivity contribution in [3.63, 3.8) is 0 Å². The van der Waals surface area contributed by atoms with Gasteiger partial charge in [-0.1, -0.05) is 39.1 Å². The van der Waals surface area contributed by atoms with E-state index in [9.17, 15) is 0 Å². The molecule has 94 valence electrons. The first-order valence-corrected chi connectivity index (χ1v) is 6.76. The monoisotopic (exact) mass is 345 g/mol. The highest BCUT2D eigenvalue weighted by atomic mass is 79.9. The summed E-state index contributed by atoms with van der Waals surface area (Å²) in [5, 5.41) is 0.958. The topological polar surface area (TPSA) is 35.2 Å². The van der Waals surface area contributed by atoms with Gasteiger partial charge in [-0.25, -0.2) is 0 Å². The molecule has 0 amide bonds. The third-order valence-electron chi connectivity index (χ3n) is 2.36. The quantitative estimate of drug-likeness (QED) is 0.848. The van der Waals surface area contributed by atoms with Gasteiger partial charge in [0.1, 0.15) is 11.5 Å². The number of hydrogen-bond acceptors (Lipinski definition) is 2. The van der Waals surface area contributed by atoms with Crippen molar-refractivity contribution in [3.05, 3.63) is 56.5 Å². The van der Waals surface area contributed by atoms with Gasteiger partial charge >= 0.3 is 0 Å². The standard InChI is InChI=1S/C13H10BrCl2NO/c14-9-1-4-13(8(5-9)7-17)18-10-2-3-11(15)12(16)6-10/h1-6H,7,17H2. The molecule has 0 bridgehead atoms. The lowest BCUT2D eigenvalue weighted by Crippen LogP contribution is -1.99. The zero-order valence-corrected chi connectivity index (χ0v) is 12.4. The summed E-state index contributed by atoms with van der Waals surface area (Å²) in [5.74, 6) is 1.33. The number of benzene rings is 2. The van der Waals surface area contributed by atoms with Gasteiger partial charge in [-0.15, -0.1) is 0 Å². The van der Waals surface area contributed by atoms with Crippen LogP contribution in [-0.2, 0) is 6.54 Å². The van der Waals surface area contributed by atoms with E-state index in [0.717, 1.165) is 10.0 Å². The molecule has 0 aliphatic rings. The minimum Gasteiger partial charge on any atom is -0.457 e. The van der Waals surface area contributed by atoms with Gasteiger partial charge in [-0.05, 0) is 30.3 Å². The molecule has 5 heteroatoms. The van der Waals surface area contributed by atoms with Gasteiger partial charge in [0.2, 0.25) is 0 Å². The maximum atomic E-state index is 5.93. The van der Waals surface area contributed by atoms with Gasteiger partial charge in [0.05, 0.1) is 10.0 Å². The van der Waals surface area contributed by atoms with Crippen molar-refractivity contribution in [1.29, 1.82) is 0 Å². The minimum atomic E-state index is 0.399. The summed E-state index contributed by atoms with van der Waals surface area (Å²) < 4.78 is 6.71. The molecule has 0 aromatic heterocycles. The Bertz CT molecular complexity index is 575. The molecule has 0 saturated carbocycles. The second kappa shape index (κ2) is 5.93. The molecule has 0 atom stereocenters. The molecule has 18 heavy (non-hydrogen) atoms. The van der Waals surface area contributed by atoms with E-state index in [1.165, 1.54) is 0 Å². The predicted octanol–water partition coefficient (Wildman–Crippen LogP) is 5.01. The molecule has 0 aliphatic carbocycles. The fourth-order valence-electron chi connectivity index (χ4n) is 1.47. The molecule has 2 aromatic carbocycles. The average Bonchev–Trinajstić information content (AvgIpc) is 2.36. The second-order valence-electron chi connectivity index (χ2n) is 3.63. The number of nitrogens with two attached hydrogens (primary N) is 1. The molecule has 2 nitrogen and oxygen atoms in total. The molecule has 0 fully saturated rings. The lowest BCUT2D eigenvalue weighted by Gasteiger charge is -2.11. The van der Waals surface area contributed by atoms with E-state index in [4.69, 9.17) is 33.7 Å². The molecule has 0 aliphatic heterocycles. The van der Waals surface area contributed by atoms with E-state index >= 15 is 0 Å². The van der Waals surface area contributed by atoms with Crippen LogP contribution in [0.3, 0.4) is 0 Å². The summed E-state index contributed by atoms with van der Waals surface area (Å²) in [6, 6.07) is 10.8. The maximum Gasteiger partial charge on any atom is 0.131 e. The van der Waals surface area contributed by atoms with E-state index in [2.05, 4.69) is 15.9 Å². The Morgan fingerprint density at radius 1 is 1.06 bits per heavy atom. The summed E-state index contributed by atoms with van der Waals surface area (Å²) in [7, 11) is 0. The van der Waals surface area contributed by atoms with Crippen molar-refractivity contribution in [2.75, 3.05) is 0 Å². The van der Waals surface area contributed by atoms with Crippen molar-refractivity contribution in [1.82, 2.24) is 0 Å². The Morgan fingerprint density at radius 3 is 2.50 bits per heavy atom. The van der Waals surface area contributed by atoms with Crippen molar-refractivity contribution in [3.8, 4) is 11.5 Å². The molecule has 2 N–H and O–H groups in total. The largest absolute Gasteiger partial charge is 0.457 e. The van der Waals surface area contributed by atoms with Crippen LogP contribution < -0.4 is 10.5 Å². The van der Waals surface area contributed by atoms with Crippen LogP contribution in [0, 0.1) is 0 Å². The molecule has 0 radical (unpaired) electrons. The Kier molecular flexibility index (Phi) is 4.51. The van der Waals surface area contributed by atoms with Crippen molar-refractivity contribution >= 4 is 39.1 Å². The fraction of sp³-hybridized carbons (Fsp3) is 0.0769. The van der Waals surface area contributed by atoms with Crippen LogP contribution >= 0.6 is 39.1 Å². The molecule has 0 heterocycles. The van der Waals surface area contributed by atoms with Gasteiger partial charge in [0.25, 0.3) is 0 Å². The van der Waals surface area contributed by atoms with Crippen molar-refractivity contribution in [2.45, 2.75) is 6.54 Å². The summed E-state index contributed by atoms with van der Waals surface area (Å²) in [6.45, 7) is 0.399. The van der Waals surface area contributed by atoms with Crippen LogP contribution in [0.4, 0.5) is 0 Å². The average molecular weight is 347 g/mol. The predicted molar refractivity (Wildman–Crippen MR) is 78.6 cm³/mol. The SMILES string of the molecule is NCc1cc(Br)ccc1Oc1ccc(Cl)c(Cl)c1. The van der Waals surface area contributed by atoms with E-state index in [1.54, 1.807) is 18.2 Å². The van der Waals surface area contributed by atoms with E-state index in [0.29, 0.717) is 28.1 Å². The Hall–Kier alpha value is -0.740. The minimum absolute atomic E-state index is 0.399. The first-order chi connectivity index (χ1) is 8.60. The Labute approximate surface area is 124 Å². The zero-order chi connectivity index (χ0) is 13.1. The molecule has 0 spiro atoms. The zero-order valence-electron chi connectivity index (χ0n) is 9.29. The van der Waals surface area contributed by atoms with E-state index in [-0.39, 0.29) is 0 Å². The Balaban J connectivity index is 2.30. The number of halogens is 3. The molecular weight excluding hydrogens is 337 g/mol. The van der Waals surface area contributed by atoms with Gasteiger partial charge in [0.15, 0.2) is 0 Å². The third-order valence-corrected chi connectivity index (χ3v) is 3.59. The summed E-state index contributed by atoms with van der Waals surface area (Å²) in [6.07, 6.45) is 0. The van der Waals surface area contributed by atoms with Crippen molar-refractivity contribution in [2.24, 2.45) is 5.73 Å². The fourth-order valence-corrected chi connectivity index (χ4v) is 2.17. The maximum absolute atomic E-state index is 5.93. The first-order valence-electron chi connectivity index (χ1n) is 5.21. The number of rotatable bonds is 3. The van der Waals surface area contributed by atoms with Crippen LogP contribution in [-0.4, -0.2) is 0 Å². The highest BCUT2D eigenvalue weighted by Gasteiger charge is 2.06. The molecule has 0 unspecified atom stereocenters. The van der Waals surface area contributed by atoms with Crippen molar-refractivity contribution < 1.29 is 4.74 Å². The molecule has 0 saturated heterocycles. The second-order valence-corrected chi connectivity index (χ2v) is 5.36. The first kappa shape index (κ1) is 13.7. The summed E-state index contributed by atoms with van der Waals surface area (Å²) in [4.78, 5) is 0. The van der Waals surface area contributed by atoms with Crippen LogP contribution in [0.15, 0.2) is 40.9 Å². The van der Waals surface area contributed by atoms with Gasteiger partial charge < -0.3 is 10.5 Å². The normalized spacial score (nSPS) is 10.4. The van der Waals surface area contributed by atoms with Gasteiger partial charge in [-0.2, -0.15) is 0 Å². The van der Waals surface area contributed by atoms with Gasteiger partial charge in [0, 0.05) is 22.6 Å². The van der Waals surface area contributed by atoms with Gasteiger partial charge in [-0.3, -0.25) is 0 Å². The van der Waals surface area contributed by atoms with E-state index in [1.807, 2.05) is 18.2 Å². The lowest BCUT2D eigenvalue weighted by molar-refractivity contribution is 0.476. The number of hydrogen-bond donors (Lipinski definition) is 1.